The smallest absolute Gasteiger partial charge is 0.331 e. The van der Waals surface area contributed by atoms with Gasteiger partial charge in [0.1, 0.15) is 18.2 Å². The van der Waals surface area contributed by atoms with Crippen LogP contribution in [0.5, 0.6) is 0 Å². The lowest BCUT2D eigenvalue weighted by molar-refractivity contribution is -0.384. The summed E-state index contributed by atoms with van der Waals surface area (Å²) < 4.78 is 4.93. The zero-order valence-electron chi connectivity index (χ0n) is 18.3. The van der Waals surface area contributed by atoms with Gasteiger partial charge < -0.3 is 19.7 Å². The van der Waals surface area contributed by atoms with Crippen LogP contribution in [0.1, 0.15) is 11.4 Å². The first kappa shape index (κ1) is 25.3. The van der Waals surface area contributed by atoms with Gasteiger partial charge in [-0.1, -0.05) is 12.1 Å². The molecule has 0 radical (unpaired) electrons. The molecule has 3 aromatic rings. The van der Waals surface area contributed by atoms with E-state index in [0.717, 1.165) is 12.5 Å². The number of imidazole rings is 1. The number of hydrogen-bond acceptors (Lipinski definition) is 8. The van der Waals surface area contributed by atoms with Crippen molar-refractivity contribution in [3.63, 3.8) is 0 Å². The van der Waals surface area contributed by atoms with E-state index >= 15 is 0 Å². The van der Waals surface area contributed by atoms with Crippen LogP contribution in [0.3, 0.4) is 0 Å². The molecule has 2 aromatic carbocycles. The minimum Gasteiger partial charge on any atom is -0.507 e. The minimum atomic E-state index is -0.753. The molecule has 0 fully saturated rings. The third kappa shape index (κ3) is 7.31. The van der Waals surface area contributed by atoms with Gasteiger partial charge in [-0.15, -0.1) is 0 Å². The fraction of sp³-hybridized carbons (Fsp3) is 0.130. The van der Waals surface area contributed by atoms with Crippen molar-refractivity contribution >= 4 is 40.7 Å². The van der Waals surface area contributed by atoms with Crippen molar-refractivity contribution in [3.05, 3.63) is 81.9 Å². The summed E-state index contributed by atoms with van der Waals surface area (Å²) in [4.78, 5) is 39.9. The molecule has 174 valence electrons. The summed E-state index contributed by atoms with van der Waals surface area (Å²) >= 11 is 0. The van der Waals surface area contributed by atoms with Crippen molar-refractivity contribution in [1.82, 2.24) is 14.9 Å². The van der Waals surface area contributed by atoms with E-state index in [2.05, 4.69) is 9.97 Å². The summed E-state index contributed by atoms with van der Waals surface area (Å²) in [7, 11) is 3.38. The Morgan fingerprint density at radius 1 is 1.26 bits per heavy atom. The maximum Gasteiger partial charge on any atom is 0.331 e. The summed E-state index contributed by atoms with van der Waals surface area (Å²) in [6.45, 7) is -0.511. The van der Waals surface area contributed by atoms with Crippen LogP contribution in [0.25, 0.3) is 22.7 Å². The van der Waals surface area contributed by atoms with Crippen molar-refractivity contribution in [1.29, 1.82) is 5.26 Å². The number of nitriles is 1. The number of fused-ring (bicyclic) bond motifs is 1. The number of nitro benzene ring substituents is 1. The number of H-pyrrole nitrogens is 1. The number of nitrogens with zero attached hydrogens (tertiary/aromatic N) is 4. The molecule has 1 heterocycles. The predicted molar refractivity (Wildman–Crippen MR) is 124 cm³/mol. The quantitative estimate of drug-likeness (QED) is 0.103. The second-order valence-electron chi connectivity index (χ2n) is 6.89. The monoisotopic (exact) mass is 463 g/mol. The number of benzene rings is 2. The Balaban J connectivity index is 0.000000739. The fourth-order valence-corrected chi connectivity index (χ4v) is 2.46. The number of aliphatic hydroxyl groups is 1. The second kappa shape index (κ2) is 12.2. The van der Waals surface area contributed by atoms with Gasteiger partial charge in [0.2, 0.25) is 6.41 Å². The van der Waals surface area contributed by atoms with Crippen LogP contribution in [-0.2, 0) is 14.3 Å². The molecule has 11 nitrogen and oxygen atoms in total. The molecule has 11 heteroatoms. The number of hydrogen-bond donors (Lipinski definition) is 2. The highest BCUT2D eigenvalue weighted by molar-refractivity contribution is 5.87. The third-order valence-corrected chi connectivity index (χ3v) is 4.10. The van der Waals surface area contributed by atoms with E-state index in [9.17, 15) is 30.1 Å². The molecular weight excluding hydrogens is 442 g/mol. The van der Waals surface area contributed by atoms with Gasteiger partial charge in [-0.25, -0.2) is 9.78 Å². The van der Waals surface area contributed by atoms with Crippen molar-refractivity contribution in [2.45, 2.75) is 0 Å². The first-order valence-electron chi connectivity index (χ1n) is 9.73. The first-order chi connectivity index (χ1) is 16.2. The summed E-state index contributed by atoms with van der Waals surface area (Å²) in [6.07, 6.45) is 3.28. The van der Waals surface area contributed by atoms with Crippen molar-refractivity contribution < 1.29 is 24.4 Å². The highest BCUT2D eigenvalue weighted by atomic mass is 16.6. The molecule has 0 unspecified atom stereocenters. The molecule has 2 N–H and O–H groups in total. The SMILES string of the molecule is CN(C)C=O.N#C/C(=C(\O)COC(=O)/C=C/c1ccc([N+](=O)[O-])cc1)c1nc2ccccc2[nH]1. The zero-order valence-corrected chi connectivity index (χ0v) is 18.3. The molecule has 1 amide bonds. The zero-order chi connectivity index (χ0) is 25.1. The van der Waals surface area contributed by atoms with Gasteiger partial charge in [-0.05, 0) is 35.9 Å². The number of non-ortho nitro benzene ring substituents is 1. The van der Waals surface area contributed by atoms with Crippen LogP contribution in [0, 0.1) is 21.4 Å². The number of carbonyl (C=O) groups excluding carboxylic acids is 2. The van der Waals surface area contributed by atoms with Gasteiger partial charge in [-0.3, -0.25) is 14.9 Å². The lowest BCUT2D eigenvalue weighted by Gasteiger charge is -2.03. The molecular formula is C23H21N5O6. The first-order valence-corrected chi connectivity index (χ1v) is 9.73. The van der Waals surface area contributed by atoms with E-state index in [1.165, 1.54) is 35.2 Å². The molecule has 0 aliphatic carbocycles. The maximum atomic E-state index is 11.8. The number of nitro groups is 1. The number of ether oxygens (including phenoxy) is 1. The number of nitrogens with one attached hydrogen (secondary N) is 1. The molecule has 0 aliphatic heterocycles. The van der Waals surface area contributed by atoms with E-state index in [0.29, 0.717) is 16.6 Å². The highest BCUT2D eigenvalue weighted by Gasteiger charge is 2.14. The van der Waals surface area contributed by atoms with Gasteiger partial charge >= 0.3 is 5.97 Å². The Bertz CT molecular complexity index is 1240. The molecule has 1 aromatic heterocycles. The van der Waals surface area contributed by atoms with Crippen LogP contribution >= 0.6 is 0 Å². The maximum absolute atomic E-state index is 11.8. The number of amides is 1. The van der Waals surface area contributed by atoms with Crippen molar-refractivity contribution in [2.75, 3.05) is 20.7 Å². The van der Waals surface area contributed by atoms with Crippen LogP contribution in [0.4, 0.5) is 5.69 Å². The average Bonchev–Trinajstić information content (AvgIpc) is 3.26. The number of carbonyl (C=O) groups is 2. The van der Waals surface area contributed by atoms with Crippen LogP contribution in [0.2, 0.25) is 0 Å². The van der Waals surface area contributed by atoms with Gasteiger partial charge in [0.25, 0.3) is 5.69 Å². The van der Waals surface area contributed by atoms with E-state index in [1.54, 1.807) is 38.4 Å². The Labute approximate surface area is 194 Å². The standard InChI is InChI=1S/C20H14N4O5.C3H7NO/c21-11-15(20-22-16-3-1-2-4-17(16)23-20)18(25)12-29-19(26)10-7-13-5-8-14(9-6-13)24(27)28;1-4(2)3-5/h1-10,25H,12H2,(H,22,23);3H,1-2H3/b10-7+,18-15+;. The van der Waals surface area contributed by atoms with Gasteiger partial charge in [-0.2, -0.15) is 5.26 Å². The van der Waals surface area contributed by atoms with Crippen LogP contribution in [-0.4, -0.2) is 58.0 Å². The average molecular weight is 463 g/mol. The summed E-state index contributed by atoms with van der Waals surface area (Å²) in [5.74, 6) is -1.02. The van der Waals surface area contributed by atoms with Crippen LogP contribution in [0.15, 0.2) is 60.4 Å². The topological polar surface area (TPSA) is 162 Å². The van der Waals surface area contributed by atoms with E-state index in [1.807, 2.05) is 6.07 Å². The highest BCUT2D eigenvalue weighted by Crippen LogP contribution is 2.19. The Morgan fingerprint density at radius 2 is 1.91 bits per heavy atom. The number of aromatic nitrogens is 2. The number of aromatic amines is 1. The molecule has 0 atom stereocenters. The van der Waals surface area contributed by atoms with Crippen molar-refractivity contribution in [2.24, 2.45) is 0 Å². The Kier molecular flexibility index (Phi) is 9.04. The molecule has 0 bridgehead atoms. The van der Waals surface area contributed by atoms with Crippen LogP contribution < -0.4 is 0 Å². The number of allylic oxidation sites excluding steroid dienone is 1. The minimum absolute atomic E-state index is 0.0607. The van der Waals surface area contributed by atoms with Gasteiger partial charge in [0.05, 0.1) is 16.0 Å². The summed E-state index contributed by atoms with van der Waals surface area (Å²) in [6, 6.07) is 14.6. The predicted octanol–water partition coefficient (Wildman–Crippen LogP) is 3.22. The normalized spacial score (nSPS) is 11.1. The number of esters is 1. The molecule has 3 rings (SSSR count). The lowest BCUT2D eigenvalue weighted by Crippen LogP contribution is -2.06. The third-order valence-electron chi connectivity index (χ3n) is 4.10. The molecule has 0 aliphatic rings. The molecule has 0 saturated heterocycles. The molecule has 34 heavy (non-hydrogen) atoms. The Morgan fingerprint density at radius 3 is 2.47 bits per heavy atom. The number of aliphatic hydroxyl groups excluding tert-OH is 1. The lowest BCUT2D eigenvalue weighted by atomic mass is 10.2. The van der Waals surface area contributed by atoms with E-state index in [4.69, 9.17) is 4.74 Å². The second-order valence-corrected chi connectivity index (χ2v) is 6.89. The van der Waals surface area contributed by atoms with E-state index in [-0.39, 0.29) is 17.1 Å². The molecule has 0 spiro atoms. The number of rotatable bonds is 7. The Hall–Kier alpha value is -4.98. The number of para-hydroxylation sites is 2. The van der Waals surface area contributed by atoms with Crippen molar-refractivity contribution in [3.8, 4) is 6.07 Å². The van der Waals surface area contributed by atoms with Gasteiger partial charge in [0.15, 0.2) is 11.6 Å². The largest absolute Gasteiger partial charge is 0.507 e. The van der Waals surface area contributed by atoms with Gasteiger partial charge in [0, 0.05) is 32.3 Å². The summed E-state index contributed by atoms with van der Waals surface area (Å²) in [5.41, 5.74) is 1.70. The summed E-state index contributed by atoms with van der Waals surface area (Å²) in [5, 5.41) is 30.1. The van der Waals surface area contributed by atoms with E-state index < -0.39 is 23.3 Å². The fourth-order valence-electron chi connectivity index (χ4n) is 2.46. The molecule has 0 saturated carbocycles.